The smallest absolute Gasteiger partial charge is 0.316 e. The van der Waals surface area contributed by atoms with Crippen molar-refractivity contribution in [1.82, 2.24) is 5.32 Å². The summed E-state index contributed by atoms with van der Waals surface area (Å²) in [4.78, 5) is 15.2. The molecule has 1 aliphatic rings. The van der Waals surface area contributed by atoms with E-state index in [-0.39, 0.29) is 0 Å². The summed E-state index contributed by atoms with van der Waals surface area (Å²) >= 11 is 0. The molecule has 0 saturated carbocycles. The molecular weight excluding hydrogens is 268 g/mol. The van der Waals surface area contributed by atoms with Gasteiger partial charge in [0.1, 0.15) is 0 Å². The number of hydrogen-bond acceptors (Lipinski definition) is 4. The average molecular weight is 290 g/mol. The van der Waals surface area contributed by atoms with Gasteiger partial charge in [0.15, 0.2) is 5.90 Å². The highest BCUT2D eigenvalue weighted by molar-refractivity contribution is 6.12. The predicted octanol–water partition coefficient (Wildman–Crippen LogP) is 2.64. The Morgan fingerprint density at radius 3 is 2.86 bits per heavy atom. The van der Waals surface area contributed by atoms with Gasteiger partial charge in [0, 0.05) is 23.9 Å². The van der Waals surface area contributed by atoms with Gasteiger partial charge in [-0.1, -0.05) is 12.2 Å². The number of hydrogen-bond donors (Lipinski definition) is 3. The molecule has 6 heteroatoms. The minimum atomic E-state index is -0.640. The fourth-order valence-electron chi connectivity index (χ4n) is 1.77. The summed E-state index contributed by atoms with van der Waals surface area (Å²) in [5, 5.41) is 10.7. The number of nitrogens with two attached hydrogens (primary N) is 1. The molecule has 4 N–H and O–H groups in total. The van der Waals surface area contributed by atoms with Crippen molar-refractivity contribution < 1.29 is 9.53 Å². The van der Waals surface area contributed by atoms with Crippen molar-refractivity contribution >= 4 is 17.6 Å². The molecule has 0 aromatic rings. The molecule has 21 heavy (non-hydrogen) atoms. The Morgan fingerprint density at radius 2 is 2.24 bits per heavy atom. The van der Waals surface area contributed by atoms with Crippen LogP contribution < -0.4 is 11.1 Å². The summed E-state index contributed by atoms with van der Waals surface area (Å²) in [6.07, 6.45) is 7.01. The SMILES string of the molecule is CCO/C1=N/C=C(C(=N)/C(C)=C(\C)NC(N)=O)\C=C/CC1. The molecule has 0 aromatic heterocycles. The quantitative estimate of drug-likeness (QED) is 0.693. The monoisotopic (exact) mass is 290 g/mol. The Kier molecular flexibility index (Phi) is 6.39. The molecule has 0 fully saturated rings. The van der Waals surface area contributed by atoms with E-state index < -0.39 is 6.03 Å². The van der Waals surface area contributed by atoms with Crippen molar-refractivity contribution in [2.75, 3.05) is 6.61 Å². The van der Waals surface area contributed by atoms with Crippen LogP contribution in [0.2, 0.25) is 0 Å². The van der Waals surface area contributed by atoms with Crippen molar-refractivity contribution in [2.24, 2.45) is 10.7 Å². The Hall–Kier alpha value is -2.37. The standard InChI is InChI=1S/C15H22N4O2/c1-4-21-13-8-6-5-7-12(9-18-13)14(16)10(2)11(3)19-15(17)20/h5,7,9,16H,4,6,8H2,1-3H3,(H3,17,19,20)/b7-5-,11-10+,12-9+,16-14?,18-13+. The number of rotatable bonds is 4. The van der Waals surface area contributed by atoms with Crippen molar-refractivity contribution in [3.05, 3.63) is 35.2 Å². The summed E-state index contributed by atoms with van der Waals surface area (Å²) in [7, 11) is 0. The molecular formula is C15H22N4O2. The van der Waals surface area contributed by atoms with E-state index in [1.54, 1.807) is 20.0 Å². The second-order valence-electron chi connectivity index (χ2n) is 4.60. The molecule has 2 amide bonds. The van der Waals surface area contributed by atoms with Crippen LogP contribution in [0.1, 0.15) is 33.6 Å². The number of primary amides is 1. The number of carbonyl (C=O) groups is 1. The Balaban J connectivity index is 3.01. The van der Waals surface area contributed by atoms with Gasteiger partial charge in [-0.15, -0.1) is 0 Å². The van der Waals surface area contributed by atoms with Crippen molar-refractivity contribution in [3.63, 3.8) is 0 Å². The molecule has 0 atom stereocenters. The maximum atomic E-state index is 10.9. The maximum Gasteiger partial charge on any atom is 0.316 e. The number of carbonyl (C=O) groups excluding carboxylic acids is 1. The van der Waals surface area contributed by atoms with Gasteiger partial charge < -0.3 is 15.8 Å². The summed E-state index contributed by atoms with van der Waals surface area (Å²) in [6.45, 7) is 5.95. The highest BCUT2D eigenvalue weighted by Gasteiger charge is 2.10. The third kappa shape index (κ3) is 5.25. The number of nitrogens with zero attached hydrogens (tertiary/aromatic N) is 1. The lowest BCUT2D eigenvalue weighted by Gasteiger charge is -2.12. The molecule has 0 aliphatic carbocycles. The lowest BCUT2D eigenvalue weighted by Crippen LogP contribution is -2.29. The zero-order valence-electron chi connectivity index (χ0n) is 12.7. The molecule has 0 radical (unpaired) electrons. The fourth-order valence-corrected chi connectivity index (χ4v) is 1.77. The van der Waals surface area contributed by atoms with E-state index in [0.717, 1.165) is 12.8 Å². The molecule has 6 nitrogen and oxygen atoms in total. The van der Waals surface area contributed by atoms with Gasteiger partial charge in [-0.05, 0) is 32.8 Å². The van der Waals surface area contributed by atoms with Gasteiger partial charge in [-0.3, -0.25) is 5.41 Å². The molecule has 1 heterocycles. The highest BCUT2D eigenvalue weighted by Crippen LogP contribution is 2.14. The van der Waals surface area contributed by atoms with Crippen LogP contribution in [0.15, 0.2) is 40.2 Å². The van der Waals surface area contributed by atoms with Gasteiger partial charge in [0.25, 0.3) is 0 Å². The molecule has 0 unspecified atom stereocenters. The highest BCUT2D eigenvalue weighted by atomic mass is 16.5. The molecule has 0 bridgehead atoms. The van der Waals surface area contributed by atoms with Crippen LogP contribution in [0, 0.1) is 5.41 Å². The number of nitrogens with one attached hydrogen (secondary N) is 2. The van der Waals surface area contributed by atoms with E-state index in [1.165, 1.54) is 0 Å². The normalized spacial score (nSPS) is 22.4. The molecule has 0 aromatic carbocycles. The predicted molar refractivity (Wildman–Crippen MR) is 84.3 cm³/mol. The minimum absolute atomic E-state index is 0.291. The van der Waals surface area contributed by atoms with Crippen LogP contribution >= 0.6 is 0 Å². The summed E-state index contributed by atoms with van der Waals surface area (Å²) < 4.78 is 5.42. The van der Waals surface area contributed by atoms with Gasteiger partial charge in [0.05, 0.1) is 12.3 Å². The maximum absolute atomic E-state index is 10.9. The Labute approximate surface area is 125 Å². The summed E-state index contributed by atoms with van der Waals surface area (Å²) in [6, 6.07) is -0.640. The Bertz CT molecular complexity index is 542. The van der Waals surface area contributed by atoms with E-state index in [2.05, 4.69) is 10.3 Å². The Morgan fingerprint density at radius 1 is 1.52 bits per heavy atom. The van der Waals surface area contributed by atoms with Crippen molar-refractivity contribution in [1.29, 1.82) is 5.41 Å². The lowest BCUT2D eigenvalue weighted by molar-refractivity contribution is 0.251. The fraction of sp³-hybridized carbons (Fsp3) is 0.400. The van der Waals surface area contributed by atoms with Gasteiger partial charge >= 0.3 is 6.03 Å². The van der Waals surface area contributed by atoms with Crippen molar-refractivity contribution in [3.8, 4) is 0 Å². The number of urea groups is 1. The molecule has 1 rings (SSSR count). The second kappa shape index (κ2) is 8.04. The molecule has 1 aliphatic heterocycles. The first-order chi connectivity index (χ1) is 9.95. The number of aliphatic imine (C=N–C) groups is 1. The van der Waals surface area contributed by atoms with Crippen LogP contribution in [0.3, 0.4) is 0 Å². The van der Waals surface area contributed by atoms with Crippen LogP contribution in [0.4, 0.5) is 4.79 Å². The first-order valence-corrected chi connectivity index (χ1v) is 6.85. The zero-order valence-corrected chi connectivity index (χ0v) is 12.7. The van der Waals surface area contributed by atoms with Crippen LogP contribution in [-0.2, 0) is 4.74 Å². The minimum Gasteiger partial charge on any atom is -0.481 e. The van der Waals surface area contributed by atoms with Crippen LogP contribution in [-0.4, -0.2) is 24.2 Å². The topological polar surface area (TPSA) is 101 Å². The van der Waals surface area contributed by atoms with Crippen LogP contribution in [0.25, 0.3) is 0 Å². The average Bonchev–Trinajstić information content (AvgIpc) is 2.40. The third-order valence-electron chi connectivity index (χ3n) is 3.02. The number of amides is 2. The van der Waals surface area contributed by atoms with E-state index in [1.807, 2.05) is 19.1 Å². The first kappa shape index (κ1) is 16.7. The summed E-state index contributed by atoms with van der Waals surface area (Å²) in [5.41, 5.74) is 7.23. The first-order valence-electron chi connectivity index (χ1n) is 6.85. The van der Waals surface area contributed by atoms with Gasteiger partial charge in [0.2, 0.25) is 0 Å². The van der Waals surface area contributed by atoms with E-state index in [0.29, 0.717) is 35.1 Å². The summed E-state index contributed by atoms with van der Waals surface area (Å²) in [5.74, 6) is 0.667. The van der Waals surface area contributed by atoms with Gasteiger partial charge in [-0.2, -0.15) is 0 Å². The third-order valence-corrected chi connectivity index (χ3v) is 3.02. The molecule has 0 saturated heterocycles. The molecule has 114 valence electrons. The van der Waals surface area contributed by atoms with Crippen LogP contribution in [0.5, 0.6) is 0 Å². The second-order valence-corrected chi connectivity index (χ2v) is 4.60. The van der Waals surface area contributed by atoms with E-state index in [4.69, 9.17) is 15.9 Å². The van der Waals surface area contributed by atoms with E-state index >= 15 is 0 Å². The lowest BCUT2D eigenvalue weighted by atomic mass is 10.0. The number of allylic oxidation sites excluding steroid dienone is 5. The van der Waals surface area contributed by atoms with Crippen molar-refractivity contribution in [2.45, 2.75) is 33.6 Å². The van der Waals surface area contributed by atoms with E-state index in [9.17, 15) is 4.79 Å². The largest absolute Gasteiger partial charge is 0.481 e. The molecule has 0 spiro atoms. The number of ether oxygens (including phenoxy) is 1. The van der Waals surface area contributed by atoms with Gasteiger partial charge in [-0.25, -0.2) is 9.79 Å². The zero-order chi connectivity index (χ0) is 15.8.